The van der Waals surface area contributed by atoms with Crippen LogP contribution in [0.4, 0.5) is 0 Å². The lowest BCUT2D eigenvalue weighted by atomic mass is 9.80. The first-order valence-corrected chi connectivity index (χ1v) is 11.8. The van der Waals surface area contributed by atoms with Gasteiger partial charge in [0.25, 0.3) is 5.91 Å². The molecule has 0 saturated heterocycles. The first-order valence-electron chi connectivity index (χ1n) is 10.2. The minimum absolute atomic E-state index is 0.00536. The van der Waals surface area contributed by atoms with Gasteiger partial charge in [-0.25, -0.2) is 4.99 Å². The number of rotatable bonds is 4. The monoisotopic (exact) mass is 476 g/mol. The average Bonchev–Trinajstić information content (AvgIpc) is 3.21. The summed E-state index contributed by atoms with van der Waals surface area (Å²) in [5, 5.41) is 4.72. The molecule has 3 atom stereocenters. The summed E-state index contributed by atoms with van der Waals surface area (Å²) in [6.45, 7) is 6.38. The van der Waals surface area contributed by atoms with Crippen molar-refractivity contribution in [1.82, 2.24) is 15.1 Å². The standard InChI is InChI=1S/C23H26Cl2N4OS/c1-13(2)18-19(21(30)28(4)5)31-22-27-23(3,15-8-11-17(25)26-12-15)20(29(18)22)14-6-9-16(24)10-7-14/h6-13,17,20,26H,1-5H3/t17?,20-,23+/m1/s1. The third kappa shape index (κ3) is 3.79. The van der Waals surface area contributed by atoms with Crippen molar-refractivity contribution in [1.29, 1.82) is 0 Å². The fourth-order valence-electron chi connectivity index (χ4n) is 4.26. The molecule has 1 unspecified atom stereocenters. The molecule has 0 radical (unpaired) electrons. The maximum absolute atomic E-state index is 13.0. The van der Waals surface area contributed by atoms with Crippen LogP contribution in [0, 0.1) is 5.92 Å². The van der Waals surface area contributed by atoms with Crippen LogP contribution in [0.2, 0.25) is 5.02 Å². The SMILES string of the molecule is CC(C)C1=C(C(=O)N(C)C)SC2=N[C@@](C)(C3=CNC(Cl)C=C3)[C@@H](c3ccc(Cl)cc3)N21. The third-order valence-corrected chi connectivity index (χ3v) is 7.35. The highest BCUT2D eigenvalue weighted by Gasteiger charge is 2.53. The quantitative estimate of drug-likeness (QED) is 0.483. The molecule has 1 N–H and O–H groups in total. The van der Waals surface area contributed by atoms with E-state index in [0.717, 1.165) is 26.9 Å². The number of amides is 1. The lowest BCUT2D eigenvalue weighted by Gasteiger charge is -2.38. The molecule has 31 heavy (non-hydrogen) atoms. The van der Waals surface area contributed by atoms with E-state index in [-0.39, 0.29) is 23.4 Å². The van der Waals surface area contributed by atoms with Gasteiger partial charge in [0.15, 0.2) is 5.17 Å². The molecule has 0 saturated carbocycles. The Morgan fingerprint density at radius 1 is 1.29 bits per heavy atom. The number of halogens is 2. The van der Waals surface area contributed by atoms with Gasteiger partial charge in [-0.05, 0) is 53.9 Å². The molecule has 0 spiro atoms. The Balaban J connectivity index is 1.87. The van der Waals surface area contributed by atoms with Gasteiger partial charge in [0.2, 0.25) is 0 Å². The zero-order chi connectivity index (χ0) is 22.5. The fourth-order valence-corrected chi connectivity index (χ4v) is 5.95. The van der Waals surface area contributed by atoms with Gasteiger partial charge >= 0.3 is 0 Å². The highest BCUT2D eigenvalue weighted by molar-refractivity contribution is 8.18. The molecule has 0 bridgehead atoms. The van der Waals surface area contributed by atoms with E-state index in [1.54, 1.807) is 19.0 Å². The number of amidine groups is 1. The number of benzene rings is 1. The number of hydrogen-bond donors (Lipinski definition) is 1. The van der Waals surface area contributed by atoms with Crippen molar-refractivity contribution in [2.24, 2.45) is 10.9 Å². The topological polar surface area (TPSA) is 47.9 Å². The van der Waals surface area contributed by atoms with Crippen LogP contribution in [0.25, 0.3) is 0 Å². The summed E-state index contributed by atoms with van der Waals surface area (Å²) >= 11 is 13.8. The van der Waals surface area contributed by atoms with Crippen LogP contribution < -0.4 is 5.32 Å². The molecule has 1 aromatic carbocycles. The number of likely N-dealkylation sites (N-methyl/N-ethyl adjacent to an activating group) is 1. The van der Waals surface area contributed by atoms with Gasteiger partial charge < -0.3 is 15.1 Å². The van der Waals surface area contributed by atoms with Crippen molar-refractivity contribution in [2.75, 3.05) is 14.1 Å². The number of hydrogen-bond acceptors (Lipinski definition) is 5. The Hall–Kier alpha value is -1.89. The van der Waals surface area contributed by atoms with Gasteiger partial charge in [0.1, 0.15) is 15.9 Å². The van der Waals surface area contributed by atoms with Gasteiger partial charge in [-0.3, -0.25) is 4.79 Å². The van der Waals surface area contributed by atoms with Crippen molar-refractivity contribution in [2.45, 2.75) is 37.9 Å². The number of nitrogens with zero attached hydrogens (tertiary/aromatic N) is 3. The van der Waals surface area contributed by atoms with E-state index in [1.165, 1.54) is 11.8 Å². The van der Waals surface area contributed by atoms with Gasteiger partial charge in [0, 0.05) is 31.0 Å². The Labute approximate surface area is 197 Å². The van der Waals surface area contributed by atoms with Crippen LogP contribution in [-0.4, -0.2) is 46.0 Å². The van der Waals surface area contributed by atoms with Crippen LogP contribution >= 0.6 is 35.0 Å². The summed E-state index contributed by atoms with van der Waals surface area (Å²) < 4.78 is 0. The molecule has 1 amide bonds. The van der Waals surface area contributed by atoms with Crippen LogP contribution in [0.3, 0.4) is 0 Å². The summed E-state index contributed by atoms with van der Waals surface area (Å²) in [6.07, 6.45) is 5.92. The van der Waals surface area contributed by atoms with Gasteiger partial charge in [-0.1, -0.05) is 55.3 Å². The van der Waals surface area contributed by atoms with E-state index in [1.807, 2.05) is 42.6 Å². The van der Waals surface area contributed by atoms with E-state index in [0.29, 0.717) is 5.02 Å². The van der Waals surface area contributed by atoms with Crippen molar-refractivity contribution in [3.63, 3.8) is 0 Å². The summed E-state index contributed by atoms with van der Waals surface area (Å²) in [5.41, 5.74) is 2.33. The zero-order valence-electron chi connectivity index (χ0n) is 18.2. The second kappa shape index (κ2) is 8.23. The smallest absolute Gasteiger partial charge is 0.262 e. The Kier molecular flexibility index (Phi) is 5.92. The zero-order valence-corrected chi connectivity index (χ0v) is 20.5. The number of thioether (sulfide) groups is 1. The molecule has 8 heteroatoms. The van der Waals surface area contributed by atoms with Gasteiger partial charge in [0.05, 0.1) is 6.04 Å². The number of aliphatic imine (C=N–C) groups is 1. The number of dihydropyridines is 1. The molecule has 0 fully saturated rings. The molecular formula is C23H26Cl2N4OS. The number of fused-ring (bicyclic) bond motifs is 1. The van der Waals surface area contributed by atoms with Gasteiger partial charge in [-0.2, -0.15) is 0 Å². The predicted octanol–water partition coefficient (Wildman–Crippen LogP) is 5.12. The van der Waals surface area contributed by atoms with E-state index >= 15 is 0 Å². The van der Waals surface area contributed by atoms with Crippen molar-refractivity contribution >= 4 is 46.0 Å². The average molecular weight is 477 g/mol. The molecule has 0 aliphatic carbocycles. The maximum atomic E-state index is 13.0. The van der Waals surface area contributed by atoms with E-state index in [2.05, 4.69) is 31.0 Å². The molecule has 3 aliphatic rings. The maximum Gasteiger partial charge on any atom is 0.262 e. The summed E-state index contributed by atoms with van der Waals surface area (Å²) in [7, 11) is 3.57. The number of carbonyl (C=O) groups excluding carboxylic acids is 1. The predicted molar refractivity (Wildman–Crippen MR) is 130 cm³/mol. The van der Waals surface area contributed by atoms with Crippen molar-refractivity contribution < 1.29 is 4.79 Å². The van der Waals surface area contributed by atoms with Crippen LogP contribution in [0.15, 0.2) is 63.8 Å². The number of allylic oxidation sites excluding steroid dienone is 1. The van der Waals surface area contributed by atoms with Crippen LogP contribution in [-0.2, 0) is 4.79 Å². The highest BCUT2D eigenvalue weighted by Crippen LogP contribution is 2.55. The molecule has 3 aliphatic heterocycles. The minimum atomic E-state index is -0.566. The lowest BCUT2D eigenvalue weighted by Crippen LogP contribution is -2.40. The number of alkyl halides is 1. The third-order valence-electron chi connectivity index (χ3n) is 5.77. The second-order valence-electron chi connectivity index (χ2n) is 8.56. The van der Waals surface area contributed by atoms with Crippen molar-refractivity contribution in [3.8, 4) is 0 Å². The summed E-state index contributed by atoms with van der Waals surface area (Å²) in [5.74, 6) is 0.156. The molecule has 0 aromatic heterocycles. The minimum Gasteiger partial charge on any atom is -0.372 e. The largest absolute Gasteiger partial charge is 0.372 e. The lowest BCUT2D eigenvalue weighted by molar-refractivity contribution is -0.124. The number of carbonyl (C=O) groups is 1. The Morgan fingerprint density at radius 3 is 2.52 bits per heavy atom. The van der Waals surface area contributed by atoms with Gasteiger partial charge in [-0.15, -0.1) is 0 Å². The molecule has 1 aromatic rings. The molecule has 5 nitrogen and oxygen atoms in total. The normalized spacial score (nSPS) is 27.3. The fraction of sp³-hybridized carbons (Fsp3) is 0.391. The Morgan fingerprint density at radius 2 is 1.97 bits per heavy atom. The van der Waals surface area contributed by atoms with Crippen molar-refractivity contribution in [3.05, 3.63) is 69.4 Å². The van der Waals surface area contributed by atoms with E-state index in [4.69, 9.17) is 28.2 Å². The first kappa shape index (κ1) is 22.3. The van der Waals surface area contributed by atoms with Crippen LogP contribution in [0.1, 0.15) is 32.4 Å². The van der Waals surface area contributed by atoms with E-state index in [9.17, 15) is 4.79 Å². The second-order valence-corrected chi connectivity index (χ2v) is 10.4. The van der Waals surface area contributed by atoms with E-state index < -0.39 is 5.54 Å². The molecular weight excluding hydrogens is 451 g/mol. The van der Waals surface area contributed by atoms with Crippen LogP contribution in [0.5, 0.6) is 0 Å². The Bertz CT molecular complexity index is 1030. The first-order chi connectivity index (χ1) is 14.6. The highest BCUT2D eigenvalue weighted by atomic mass is 35.5. The molecule has 4 rings (SSSR count). The summed E-state index contributed by atoms with van der Waals surface area (Å²) in [6, 6.07) is 7.77. The number of nitrogens with one attached hydrogen (secondary N) is 1. The molecule has 164 valence electrons. The summed E-state index contributed by atoms with van der Waals surface area (Å²) in [4.78, 5) is 22.8. The molecule has 3 heterocycles.